The second kappa shape index (κ2) is 8.22. The Morgan fingerprint density at radius 1 is 1.16 bits per heavy atom. The van der Waals surface area contributed by atoms with Crippen molar-refractivity contribution >= 4 is 39.0 Å². The van der Waals surface area contributed by atoms with Crippen LogP contribution in [-0.2, 0) is 14.8 Å². The van der Waals surface area contributed by atoms with Crippen LogP contribution in [0.1, 0.15) is 23.7 Å². The van der Waals surface area contributed by atoms with Crippen LogP contribution in [0.15, 0.2) is 47.4 Å². The first kappa shape index (κ1) is 19.1. The third-order valence-corrected chi connectivity index (χ3v) is 5.03. The predicted octanol–water partition coefficient (Wildman–Crippen LogP) is 3.75. The van der Waals surface area contributed by atoms with Crippen LogP contribution in [0.4, 0.5) is 11.4 Å². The molecule has 0 aliphatic heterocycles. The van der Waals surface area contributed by atoms with Gasteiger partial charge >= 0.3 is 5.97 Å². The van der Waals surface area contributed by atoms with Crippen LogP contribution in [0.25, 0.3) is 0 Å². The van der Waals surface area contributed by atoms with Gasteiger partial charge < -0.3 is 10.1 Å². The van der Waals surface area contributed by atoms with Crippen molar-refractivity contribution in [3.05, 3.63) is 53.1 Å². The van der Waals surface area contributed by atoms with E-state index in [0.717, 1.165) is 6.42 Å². The summed E-state index contributed by atoms with van der Waals surface area (Å²) in [5.74, 6) is -0.606. The summed E-state index contributed by atoms with van der Waals surface area (Å²) >= 11 is 5.82. The molecule has 2 aromatic rings. The number of hydrogen-bond acceptors (Lipinski definition) is 5. The number of methoxy groups -OCH3 is 1. The zero-order chi connectivity index (χ0) is 18.4. The van der Waals surface area contributed by atoms with Gasteiger partial charge in [0.25, 0.3) is 10.0 Å². The molecule has 2 rings (SSSR count). The lowest BCUT2D eigenvalue weighted by atomic mass is 10.2. The number of esters is 1. The van der Waals surface area contributed by atoms with E-state index in [2.05, 4.69) is 14.8 Å². The second-order valence-electron chi connectivity index (χ2n) is 5.24. The number of sulfonamides is 1. The van der Waals surface area contributed by atoms with E-state index in [1.54, 1.807) is 30.3 Å². The van der Waals surface area contributed by atoms with Crippen molar-refractivity contribution in [3.63, 3.8) is 0 Å². The molecule has 6 nitrogen and oxygen atoms in total. The molecule has 134 valence electrons. The number of ether oxygens (including phenoxy) is 1. The second-order valence-corrected chi connectivity index (χ2v) is 7.33. The zero-order valence-electron chi connectivity index (χ0n) is 13.9. The summed E-state index contributed by atoms with van der Waals surface area (Å²) in [6.07, 6.45) is 0.822. The standard InChI is InChI=1S/C17H19ClN2O4S/c1-3-10-19-15-9-4-12(17(21)24-2)11-16(15)25(22,23)20-14-7-5-13(18)6-8-14/h4-9,11,19-20H,3,10H2,1-2H3. The van der Waals surface area contributed by atoms with Crippen molar-refractivity contribution in [2.45, 2.75) is 18.2 Å². The van der Waals surface area contributed by atoms with E-state index >= 15 is 0 Å². The third kappa shape index (κ3) is 4.87. The van der Waals surface area contributed by atoms with E-state index in [4.69, 9.17) is 11.6 Å². The van der Waals surface area contributed by atoms with Crippen molar-refractivity contribution in [1.29, 1.82) is 0 Å². The minimum atomic E-state index is -3.91. The average molecular weight is 383 g/mol. The maximum absolute atomic E-state index is 12.8. The molecule has 2 aromatic carbocycles. The van der Waals surface area contributed by atoms with Crippen LogP contribution in [0.2, 0.25) is 5.02 Å². The molecule has 0 bridgehead atoms. The molecule has 25 heavy (non-hydrogen) atoms. The van der Waals surface area contributed by atoms with Crippen molar-refractivity contribution in [3.8, 4) is 0 Å². The topological polar surface area (TPSA) is 84.5 Å². The first-order valence-corrected chi connectivity index (χ1v) is 9.48. The highest BCUT2D eigenvalue weighted by atomic mass is 35.5. The number of anilines is 2. The molecule has 0 aliphatic carbocycles. The third-order valence-electron chi connectivity index (χ3n) is 3.35. The van der Waals surface area contributed by atoms with Gasteiger partial charge in [0.15, 0.2) is 0 Å². The maximum atomic E-state index is 12.8. The largest absolute Gasteiger partial charge is 0.465 e. The van der Waals surface area contributed by atoms with Crippen LogP contribution in [0.5, 0.6) is 0 Å². The highest BCUT2D eigenvalue weighted by molar-refractivity contribution is 7.92. The molecular formula is C17H19ClN2O4S. The van der Waals surface area contributed by atoms with E-state index in [1.807, 2.05) is 6.92 Å². The number of carbonyl (C=O) groups excluding carboxylic acids is 1. The van der Waals surface area contributed by atoms with Crippen molar-refractivity contribution in [1.82, 2.24) is 0 Å². The van der Waals surface area contributed by atoms with Crippen LogP contribution in [0.3, 0.4) is 0 Å². The Balaban J connectivity index is 2.44. The molecule has 0 radical (unpaired) electrons. The Kier molecular flexibility index (Phi) is 6.27. The van der Waals surface area contributed by atoms with Crippen molar-refractivity contribution in [2.75, 3.05) is 23.7 Å². The fourth-order valence-electron chi connectivity index (χ4n) is 2.12. The number of nitrogens with one attached hydrogen (secondary N) is 2. The molecule has 0 aliphatic rings. The van der Waals surface area contributed by atoms with Gasteiger partial charge in [-0.05, 0) is 48.9 Å². The van der Waals surface area contributed by atoms with Crippen molar-refractivity contribution in [2.24, 2.45) is 0 Å². The lowest BCUT2D eigenvalue weighted by Crippen LogP contribution is -2.17. The van der Waals surface area contributed by atoms with Crippen LogP contribution >= 0.6 is 11.6 Å². The number of carbonyl (C=O) groups is 1. The zero-order valence-corrected chi connectivity index (χ0v) is 15.4. The normalized spacial score (nSPS) is 11.0. The van der Waals surface area contributed by atoms with Crippen LogP contribution in [-0.4, -0.2) is 28.0 Å². The van der Waals surface area contributed by atoms with E-state index in [-0.39, 0.29) is 10.5 Å². The summed E-state index contributed by atoms with van der Waals surface area (Å²) in [6, 6.07) is 10.7. The number of rotatable bonds is 7. The molecule has 0 saturated heterocycles. The molecule has 8 heteroatoms. The summed E-state index contributed by atoms with van der Waals surface area (Å²) in [5.41, 5.74) is 0.936. The molecule has 2 N–H and O–H groups in total. The van der Waals surface area contributed by atoms with E-state index in [1.165, 1.54) is 19.2 Å². The van der Waals surface area contributed by atoms with Gasteiger partial charge in [-0.15, -0.1) is 0 Å². The Morgan fingerprint density at radius 3 is 2.44 bits per heavy atom. The number of benzene rings is 2. The van der Waals surface area contributed by atoms with E-state index in [9.17, 15) is 13.2 Å². The Hall–Kier alpha value is -2.25. The molecule has 0 atom stereocenters. The summed E-state index contributed by atoms with van der Waals surface area (Å²) in [7, 11) is -2.67. The summed E-state index contributed by atoms with van der Waals surface area (Å²) in [6.45, 7) is 2.57. The minimum Gasteiger partial charge on any atom is -0.465 e. The lowest BCUT2D eigenvalue weighted by molar-refractivity contribution is 0.0600. The Labute approximate surface area is 152 Å². The molecular weight excluding hydrogens is 364 g/mol. The van der Waals surface area contributed by atoms with Gasteiger partial charge in [-0.2, -0.15) is 0 Å². The average Bonchev–Trinajstić information content (AvgIpc) is 2.61. The number of hydrogen-bond donors (Lipinski definition) is 2. The Morgan fingerprint density at radius 2 is 1.84 bits per heavy atom. The van der Waals surface area contributed by atoms with Gasteiger partial charge in [0.2, 0.25) is 0 Å². The first-order chi connectivity index (χ1) is 11.9. The van der Waals surface area contributed by atoms with Gasteiger partial charge in [-0.25, -0.2) is 13.2 Å². The maximum Gasteiger partial charge on any atom is 0.337 e. The molecule has 0 heterocycles. The molecule has 0 saturated carbocycles. The van der Waals surface area contributed by atoms with E-state index < -0.39 is 16.0 Å². The summed E-state index contributed by atoms with van der Waals surface area (Å²) in [4.78, 5) is 11.7. The Bertz CT molecular complexity index is 851. The van der Waals surface area contributed by atoms with E-state index in [0.29, 0.717) is 22.9 Å². The molecule has 0 fully saturated rings. The first-order valence-electron chi connectivity index (χ1n) is 7.62. The highest BCUT2D eigenvalue weighted by Crippen LogP contribution is 2.26. The lowest BCUT2D eigenvalue weighted by Gasteiger charge is -2.15. The number of halogens is 1. The van der Waals surface area contributed by atoms with Crippen molar-refractivity contribution < 1.29 is 17.9 Å². The fraction of sp³-hybridized carbons (Fsp3) is 0.235. The van der Waals surface area contributed by atoms with Crippen LogP contribution < -0.4 is 10.0 Å². The minimum absolute atomic E-state index is 0.0289. The SMILES string of the molecule is CCCNc1ccc(C(=O)OC)cc1S(=O)(=O)Nc1ccc(Cl)cc1. The molecule has 0 amide bonds. The fourth-order valence-corrected chi connectivity index (χ4v) is 3.52. The van der Waals surface area contributed by atoms with Gasteiger partial charge in [0, 0.05) is 17.3 Å². The van der Waals surface area contributed by atoms with Crippen LogP contribution in [0, 0.1) is 0 Å². The quantitative estimate of drug-likeness (QED) is 0.712. The monoisotopic (exact) mass is 382 g/mol. The summed E-state index contributed by atoms with van der Waals surface area (Å²) < 4.78 is 32.7. The molecule has 0 unspecified atom stereocenters. The van der Waals surface area contributed by atoms with Gasteiger partial charge in [-0.3, -0.25) is 4.72 Å². The predicted molar refractivity (Wildman–Crippen MR) is 98.8 cm³/mol. The highest BCUT2D eigenvalue weighted by Gasteiger charge is 2.21. The molecule has 0 spiro atoms. The summed E-state index contributed by atoms with van der Waals surface area (Å²) in [5, 5.41) is 3.56. The van der Waals surface area contributed by atoms with Gasteiger partial charge in [-0.1, -0.05) is 18.5 Å². The van der Waals surface area contributed by atoms with Gasteiger partial charge in [0.1, 0.15) is 4.90 Å². The van der Waals surface area contributed by atoms with Gasteiger partial charge in [0.05, 0.1) is 18.4 Å². The smallest absolute Gasteiger partial charge is 0.337 e. The molecule has 0 aromatic heterocycles.